The highest BCUT2D eigenvalue weighted by atomic mass is 16.4. The number of hydrogen-bond donors (Lipinski definition) is 6. The Morgan fingerprint density at radius 1 is 1.19 bits per heavy atom. The number of rotatable bonds is 9. The summed E-state index contributed by atoms with van der Waals surface area (Å²) in [4.78, 5) is 58.3. The average molecular weight is 374 g/mol. The van der Waals surface area contributed by atoms with E-state index in [0.29, 0.717) is 6.42 Å². The molecule has 1 heterocycles. The molecule has 26 heavy (non-hydrogen) atoms. The third-order valence-corrected chi connectivity index (χ3v) is 3.79. The van der Waals surface area contributed by atoms with Crippen molar-refractivity contribution in [3.8, 4) is 0 Å². The minimum Gasteiger partial charge on any atom is -0.481 e. The first kappa shape index (κ1) is 21.3. The number of carbonyl (C=O) groups excluding carboxylic acids is 3. The molecule has 12 nitrogen and oxygen atoms in total. The Bertz CT molecular complexity index is 581. The van der Waals surface area contributed by atoms with Gasteiger partial charge in [0.15, 0.2) is 0 Å². The summed E-state index contributed by atoms with van der Waals surface area (Å²) in [5, 5.41) is 31.2. The van der Waals surface area contributed by atoms with E-state index in [9.17, 15) is 29.1 Å². The lowest BCUT2D eigenvalue weighted by atomic mass is 10.2. The van der Waals surface area contributed by atoms with E-state index in [1.165, 1.54) is 0 Å². The number of nitrogens with one attached hydrogen (secondary N) is 2. The lowest BCUT2D eigenvalue weighted by Crippen LogP contribution is -2.55. The predicted octanol–water partition coefficient (Wildman–Crippen LogP) is -3.54. The van der Waals surface area contributed by atoms with E-state index in [1.807, 2.05) is 0 Å². The molecule has 0 spiro atoms. The summed E-state index contributed by atoms with van der Waals surface area (Å²) in [6, 6.07) is -3.70. The van der Waals surface area contributed by atoms with Crippen LogP contribution in [0.25, 0.3) is 0 Å². The number of carboxylic acid groups (broad SMARTS) is 2. The standard InChI is InChI=1S/C14H22N4O8/c15-7(4-11(21)22)12(23)16-5-10(20)17-8(6-19)13(24)18-3-1-2-9(18)14(25)26/h7-9,19H,1-6,15H2,(H,16,23)(H,17,20)(H,21,22)(H,25,26). The van der Waals surface area contributed by atoms with Crippen molar-refractivity contribution in [2.24, 2.45) is 5.73 Å². The number of nitrogens with two attached hydrogens (primary N) is 1. The second kappa shape index (κ2) is 9.68. The van der Waals surface area contributed by atoms with E-state index in [0.717, 1.165) is 4.90 Å². The topological polar surface area (TPSA) is 199 Å². The highest BCUT2D eigenvalue weighted by Crippen LogP contribution is 2.18. The van der Waals surface area contributed by atoms with Gasteiger partial charge in [-0.25, -0.2) is 4.79 Å². The molecular weight excluding hydrogens is 352 g/mol. The van der Waals surface area contributed by atoms with Gasteiger partial charge in [-0.1, -0.05) is 0 Å². The molecule has 0 aromatic heterocycles. The van der Waals surface area contributed by atoms with Gasteiger partial charge in [0.25, 0.3) is 0 Å². The van der Waals surface area contributed by atoms with Gasteiger partial charge < -0.3 is 36.6 Å². The van der Waals surface area contributed by atoms with Gasteiger partial charge in [-0.15, -0.1) is 0 Å². The van der Waals surface area contributed by atoms with E-state index in [2.05, 4.69) is 10.6 Å². The summed E-state index contributed by atoms with van der Waals surface area (Å²) >= 11 is 0. The minimum atomic E-state index is -1.35. The van der Waals surface area contributed by atoms with E-state index in [-0.39, 0.29) is 13.0 Å². The van der Waals surface area contributed by atoms with Gasteiger partial charge >= 0.3 is 11.9 Å². The summed E-state index contributed by atoms with van der Waals surface area (Å²) in [7, 11) is 0. The lowest BCUT2D eigenvalue weighted by molar-refractivity contribution is -0.149. The Kier molecular flexibility index (Phi) is 7.93. The number of amides is 3. The predicted molar refractivity (Wildman–Crippen MR) is 84.6 cm³/mol. The van der Waals surface area contributed by atoms with Crippen LogP contribution in [0.5, 0.6) is 0 Å². The van der Waals surface area contributed by atoms with Crippen LogP contribution in [-0.4, -0.2) is 87.7 Å². The van der Waals surface area contributed by atoms with Crippen molar-refractivity contribution in [1.29, 1.82) is 0 Å². The summed E-state index contributed by atoms with van der Waals surface area (Å²) in [6.07, 6.45) is 0.160. The zero-order valence-electron chi connectivity index (χ0n) is 13.9. The minimum absolute atomic E-state index is 0.197. The molecule has 0 radical (unpaired) electrons. The van der Waals surface area contributed by atoms with Crippen LogP contribution in [0.4, 0.5) is 0 Å². The number of hydrogen-bond acceptors (Lipinski definition) is 7. The molecule has 12 heteroatoms. The second-order valence-electron chi connectivity index (χ2n) is 5.75. The van der Waals surface area contributed by atoms with Gasteiger partial charge in [0, 0.05) is 6.54 Å². The van der Waals surface area contributed by atoms with Crippen LogP contribution in [0, 0.1) is 0 Å². The van der Waals surface area contributed by atoms with Crippen LogP contribution in [0.15, 0.2) is 0 Å². The Hall–Kier alpha value is -2.73. The molecule has 3 unspecified atom stereocenters. The van der Waals surface area contributed by atoms with Crippen LogP contribution in [0.2, 0.25) is 0 Å². The fourth-order valence-electron chi connectivity index (χ4n) is 2.50. The number of aliphatic hydroxyl groups is 1. The molecule has 1 aliphatic heterocycles. The van der Waals surface area contributed by atoms with Crippen molar-refractivity contribution < 1.29 is 39.3 Å². The Labute approximate surface area is 148 Å². The second-order valence-corrected chi connectivity index (χ2v) is 5.75. The van der Waals surface area contributed by atoms with E-state index in [4.69, 9.17) is 15.9 Å². The van der Waals surface area contributed by atoms with Crippen molar-refractivity contribution in [2.45, 2.75) is 37.4 Å². The Morgan fingerprint density at radius 2 is 1.85 bits per heavy atom. The van der Waals surface area contributed by atoms with Crippen LogP contribution < -0.4 is 16.4 Å². The number of aliphatic carboxylic acids is 2. The summed E-state index contributed by atoms with van der Waals surface area (Å²) in [5.41, 5.74) is 5.33. The fourth-order valence-corrected chi connectivity index (χ4v) is 2.50. The summed E-state index contributed by atoms with van der Waals surface area (Å²) in [5.74, 6) is -4.86. The van der Waals surface area contributed by atoms with E-state index in [1.54, 1.807) is 0 Å². The molecule has 0 saturated carbocycles. The molecule has 1 fully saturated rings. The first-order valence-electron chi connectivity index (χ1n) is 7.86. The highest BCUT2D eigenvalue weighted by molar-refractivity contribution is 5.93. The van der Waals surface area contributed by atoms with Crippen LogP contribution in [0.1, 0.15) is 19.3 Å². The van der Waals surface area contributed by atoms with Crippen molar-refractivity contribution in [3.63, 3.8) is 0 Å². The maximum Gasteiger partial charge on any atom is 0.326 e. The van der Waals surface area contributed by atoms with E-state index >= 15 is 0 Å². The molecular formula is C14H22N4O8. The van der Waals surface area contributed by atoms with Gasteiger partial charge in [0.1, 0.15) is 12.1 Å². The van der Waals surface area contributed by atoms with Crippen molar-refractivity contribution in [3.05, 3.63) is 0 Å². The normalized spacial score (nSPS) is 18.7. The number of carbonyl (C=O) groups is 5. The molecule has 0 aromatic carbocycles. The molecule has 1 saturated heterocycles. The van der Waals surface area contributed by atoms with Crippen LogP contribution in [-0.2, 0) is 24.0 Å². The van der Waals surface area contributed by atoms with Crippen molar-refractivity contribution >= 4 is 29.7 Å². The molecule has 7 N–H and O–H groups in total. The van der Waals surface area contributed by atoms with E-state index < -0.39 is 67.4 Å². The van der Waals surface area contributed by atoms with Crippen molar-refractivity contribution in [1.82, 2.24) is 15.5 Å². The maximum absolute atomic E-state index is 12.3. The number of aliphatic hydroxyl groups excluding tert-OH is 1. The molecule has 0 aromatic rings. The Balaban J connectivity index is 2.55. The smallest absolute Gasteiger partial charge is 0.326 e. The number of nitrogens with zero attached hydrogens (tertiary/aromatic N) is 1. The Morgan fingerprint density at radius 3 is 2.38 bits per heavy atom. The van der Waals surface area contributed by atoms with Crippen LogP contribution >= 0.6 is 0 Å². The molecule has 1 rings (SSSR count). The zero-order valence-corrected chi connectivity index (χ0v) is 13.9. The third kappa shape index (κ3) is 5.97. The number of carboxylic acids is 2. The molecule has 0 bridgehead atoms. The average Bonchev–Trinajstić information content (AvgIpc) is 3.06. The van der Waals surface area contributed by atoms with Gasteiger partial charge in [0.05, 0.1) is 25.6 Å². The molecule has 3 atom stereocenters. The SMILES string of the molecule is NC(CC(=O)O)C(=O)NCC(=O)NC(CO)C(=O)N1CCCC1C(=O)O. The quantitative estimate of drug-likeness (QED) is 0.236. The largest absolute Gasteiger partial charge is 0.481 e. The third-order valence-electron chi connectivity index (χ3n) is 3.79. The number of likely N-dealkylation sites (tertiary alicyclic amines) is 1. The van der Waals surface area contributed by atoms with Gasteiger partial charge in [-0.05, 0) is 12.8 Å². The molecule has 1 aliphatic rings. The lowest BCUT2D eigenvalue weighted by Gasteiger charge is -2.26. The summed E-state index contributed by atoms with van der Waals surface area (Å²) < 4.78 is 0. The molecule has 146 valence electrons. The molecule has 3 amide bonds. The van der Waals surface area contributed by atoms with Crippen molar-refractivity contribution in [2.75, 3.05) is 19.7 Å². The zero-order chi connectivity index (χ0) is 19.9. The van der Waals surface area contributed by atoms with Gasteiger partial charge in [-0.2, -0.15) is 0 Å². The fraction of sp³-hybridized carbons (Fsp3) is 0.643. The van der Waals surface area contributed by atoms with Gasteiger partial charge in [0.2, 0.25) is 17.7 Å². The summed E-state index contributed by atoms with van der Waals surface area (Å²) in [6.45, 7) is -1.14. The highest BCUT2D eigenvalue weighted by Gasteiger charge is 2.37. The first-order valence-corrected chi connectivity index (χ1v) is 7.86. The van der Waals surface area contributed by atoms with Crippen LogP contribution in [0.3, 0.4) is 0 Å². The maximum atomic E-state index is 12.3. The van der Waals surface area contributed by atoms with Gasteiger partial charge in [-0.3, -0.25) is 19.2 Å². The molecule has 0 aliphatic carbocycles. The first-order chi connectivity index (χ1) is 12.2. The monoisotopic (exact) mass is 374 g/mol.